The summed E-state index contributed by atoms with van der Waals surface area (Å²) in [4.78, 5) is 33.9. The maximum absolute atomic E-state index is 12.9. The second-order valence-corrected chi connectivity index (χ2v) is 8.43. The van der Waals surface area contributed by atoms with E-state index >= 15 is 0 Å². The van der Waals surface area contributed by atoms with Crippen LogP contribution in [0.15, 0.2) is 35.1 Å². The number of aryl methyl sites for hydroxylation is 1. The normalized spacial score (nSPS) is 19.2. The van der Waals surface area contributed by atoms with Crippen LogP contribution in [0.5, 0.6) is 11.5 Å². The van der Waals surface area contributed by atoms with Crippen LogP contribution in [-0.4, -0.2) is 69.2 Å². The molecule has 9 nitrogen and oxygen atoms in total. The van der Waals surface area contributed by atoms with Crippen LogP contribution >= 0.6 is 11.3 Å². The fourth-order valence-corrected chi connectivity index (χ4v) is 4.67. The number of benzene rings is 1. The fourth-order valence-electron chi connectivity index (χ4n) is 3.69. The van der Waals surface area contributed by atoms with Crippen molar-refractivity contribution in [2.75, 3.05) is 32.8 Å². The molecule has 0 aliphatic carbocycles. The summed E-state index contributed by atoms with van der Waals surface area (Å²) in [6, 6.07) is 8.87. The summed E-state index contributed by atoms with van der Waals surface area (Å²) in [6.07, 6.45) is -0.614. The lowest BCUT2D eigenvalue weighted by molar-refractivity contribution is -0.143. The van der Waals surface area contributed by atoms with Crippen molar-refractivity contribution in [2.24, 2.45) is 0 Å². The van der Waals surface area contributed by atoms with Crippen molar-refractivity contribution in [3.63, 3.8) is 0 Å². The Morgan fingerprint density at radius 2 is 1.97 bits per heavy atom. The number of aromatic nitrogens is 3. The van der Waals surface area contributed by atoms with Gasteiger partial charge in [-0.15, -0.1) is 0 Å². The number of carbonyl (C=O) groups excluding carboxylic acids is 1. The van der Waals surface area contributed by atoms with Gasteiger partial charge in [0.2, 0.25) is 11.1 Å². The van der Waals surface area contributed by atoms with Crippen molar-refractivity contribution in [3.8, 4) is 11.5 Å². The van der Waals surface area contributed by atoms with Crippen LogP contribution < -0.4 is 15.0 Å². The molecule has 10 heteroatoms. The summed E-state index contributed by atoms with van der Waals surface area (Å²) in [7, 11) is 0. The van der Waals surface area contributed by atoms with Crippen molar-refractivity contribution in [3.05, 3.63) is 51.4 Å². The predicted octanol–water partition coefficient (Wildman–Crippen LogP) is 0.944. The zero-order valence-corrected chi connectivity index (χ0v) is 17.3. The van der Waals surface area contributed by atoms with E-state index in [2.05, 4.69) is 15.0 Å². The maximum atomic E-state index is 12.9. The molecule has 1 amide bonds. The van der Waals surface area contributed by atoms with Crippen molar-refractivity contribution in [1.29, 1.82) is 0 Å². The van der Waals surface area contributed by atoms with E-state index < -0.39 is 6.10 Å². The summed E-state index contributed by atoms with van der Waals surface area (Å²) < 4.78 is 12.9. The van der Waals surface area contributed by atoms with Crippen molar-refractivity contribution >= 4 is 22.2 Å². The molecule has 2 aromatic heterocycles. The Bertz CT molecular complexity index is 1150. The average molecular weight is 427 g/mol. The molecule has 1 saturated heterocycles. The number of fused-ring (bicyclic) bond motifs is 2. The molecule has 3 aromatic rings. The highest BCUT2D eigenvalue weighted by Crippen LogP contribution is 2.31. The van der Waals surface area contributed by atoms with Gasteiger partial charge in [0.15, 0.2) is 11.5 Å². The van der Waals surface area contributed by atoms with Crippen molar-refractivity contribution < 1.29 is 14.3 Å². The third kappa shape index (κ3) is 3.63. The first-order valence-corrected chi connectivity index (χ1v) is 10.6. The van der Waals surface area contributed by atoms with Crippen LogP contribution in [0.3, 0.4) is 0 Å². The Kier molecular flexibility index (Phi) is 4.87. The first-order chi connectivity index (χ1) is 14.6. The second-order valence-electron chi connectivity index (χ2n) is 7.39. The van der Waals surface area contributed by atoms with Crippen LogP contribution in [0.2, 0.25) is 0 Å². The van der Waals surface area contributed by atoms with Gasteiger partial charge in [0.25, 0.3) is 11.5 Å². The number of nitrogens with zero attached hydrogens (tertiary/aromatic N) is 5. The molecule has 0 N–H and O–H groups in total. The van der Waals surface area contributed by atoms with Crippen LogP contribution in [0.25, 0.3) is 4.96 Å². The number of hydrogen-bond acceptors (Lipinski definition) is 8. The van der Waals surface area contributed by atoms with Gasteiger partial charge in [0, 0.05) is 37.9 Å². The van der Waals surface area contributed by atoms with E-state index in [0.717, 1.165) is 18.1 Å². The zero-order valence-electron chi connectivity index (χ0n) is 16.5. The Balaban J connectivity index is 1.19. The summed E-state index contributed by atoms with van der Waals surface area (Å²) >= 11 is 1.42. The quantitative estimate of drug-likeness (QED) is 0.615. The molecule has 0 spiro atoms. The van der Waals surface area contributed by atoms with Gasteiger partial charge in [-0.3, -0.25) is 14.5 Å². The number of carbonyl (C=O) groups is 1. The number of para-hydroxylation sites is 2. The van der Waals surface area contributed by atoms with E-state index in [1.807, 2.05) is 29.2 Å². The minimum absolute atomic E-state index is 0.0460. The van der Waals surface area contributed by atoms with Crippen LogP contribution in [0.4, 0.5) is 0 Å². The molecule has 2 aliphatic heterocycles. The monoisotopic (exact) mass is 427 g/mol. The highest BCUT2D eigenvalue weighted by molar-refractivity contribution is 7.16. The van der Waals surface area contributed by atoms with E-state index in [0.29, 0.717) is 41.8 Å². The van der Waals surface area contributed by atoms with Crippen LogP contribution in [0, 0.1) is 6.92 Å². The first kappa shape index (κ1) is 19.0. The summed E-state index contributed by atoms with van der Waals surface area (Å²) in [6.45, 7) is 5.34. The van der Waals surface area contributed by atoms with Gasteiger partial charge in [-0.05, 0) is 19.1 Å². The Labute approximate surface area is 176 Å². The molecule has 1 unspecified atom stereocenters. The van der Waals surface area contributed by atoms with Gasteiger partial charge in [-0.1, -0.05) is 23.5 Å². The van der Waals surface area contributed by atoms with Crippen molar-refractivity contribution in [1.82, 2.24) is 24.4 Å². The Hall–Kier alpha value is -2.98. The molecule has 156 valence electrons. The summed E-state index contributed by atoms with van der Waals surface area (Å²) in [5.74, 6) is 1.23. The number of ether oxygens (including phenoxy) is 2. The Morgan fingerprint density at radius 3 is 2.77 bits per heavy atom. The molecular formula is C20H21N5O4S. The molecule has 2 aliphatic rings. The molecule has 1 fully saturated rings. The largest absolute Gasteiger partial charge is 0.485 e. The molecule has 1 aromatic carbocycles. The van der Waals surface area contributed by atoms with Crippen molar-refractivity contribution in [2.45, 2.75) is 19.6 Å². The third-order valence-electron chi connectivity index (χ3n) is 5.24. The number of rotatable bonds is 3. The molecule has 0 bridgehead atoms. The summed E-state index contributed by atoms with van der Waals surface area (Å²) in [5, 5.41) is 5.24. The van der Waals surface area contributed by atoms with Gasteiger partial charge in [0.1, 0.15) is 11.6 Å². The average Bonchev–Trinajstić information content (AvgIpc) is 3.16. The molecule has 5 rings (SSSR count). The van der Waals surface area contributed by atoms with Gasteiger partial charge < -0.3 is 14.4 Å². The SMILES string of the molecule is Cc1cc(=O)n2nc(CN3CCN(C(=O)C4COc5ccccc5O4)CC3)sc2n1. The van der Waals surface area contributed by atoms with Crippen LogP contribution in [0.1, 0.15) is 10.7 Å². The molecule has 0 radical (unpaired) electrons. The van der Waals surface area contributed by atoms with E-state index in [4.69, 9.17) is 9.47 Å². The molecule has 4 heterocycles. The smallest absolute Gasteiger partial charge is 0.275 e. The number of piperazine rings is 1. The minimum Gasteiger partial charge on any atom is -0.485 e. The van der Waals surface area contributed by atoms with Gasteiger partial charge in [-0.2, -0.15) is 9.61 Å². The molecule has 30 heavy (non-hydrogen) atoms. The highest BCUT2D eigenvalue weighted by atomic mass is 32.1. The minimum atomic E-state index is -0.614. The lowest BCUT2D eigenvalue weighted by Gasteiger charge is -2.36. The molecule has 0 saturated carbocycles. The lowest BCUT2D eigenvalue weighted by Crippen LogP contribution is -2.53. The fraction of sp³-hybridized carbons (Fsp3) is 0.400. The lowest BCUT2D eigenvalue weighted by atomic mass is 10.2. The Morgan fingerprint density at radius 1 is 1.20 bits per heavy atom. The first-order valence-electron chi connectivity index (χ1n) is 9.83. The number of hydrogen-bond donors (Lipinski definition) is 0. The van der Waals surface area contributed by atoms with Gasteiger partial charge >= 0.3 is 0 Å². The second kappa shape index (κ2) is 7.69. The standard InChI is InChI=1S/C20H21N5O4S/c1-13-10-18(26)25-20(21-13)30-17(22-25)11-23-6-8-24(9-7-23)19(27)16-12-28-14-4-2-3-5-15(14)29-16/h2-5,10,16H,6-9,11-12H2,1H3. The zero-order chi connectivity index (χ0) is 20.7. The maximum Gasteiger partial charge on any atom is 0.275 e. The van der Waals surface area contributed by atoms with E-state index in [9.17, 15) is 9.59 Å². The van der Waals surface area contributed by atoms with Gasteiger partial charge in [-0.25, -0.2) is 4.98 Å². The van der Waals surface area contributed by atoms with E-state index in [-0.39, 0.29) is 18.1 Å². The van der Waals surface area contributed by atoms with E-state index in [1.54, 1.807) is 6.92 Å². The number of amides is 1. The van der Waals surface area contributed by atoms with E-state index in [1.165, 1.54) is 21.9 Å². The topological polar surface area (TPSA) is 89.3 Å². The third-order valence-corrected chi connectivity index (χ3v) is 6.13. The molecule has 1 atom stereocenters. The molecular weight excluding hydrogens is 406 g/mol. The van der Waals surface area contributed by atoms with Crippen LogP contribution in [-0.2, 0) is 11.3 Å². The highest BCUT2D eigenvalue weighted by Gasteiger charge is 2.32. The van der Waals surface area contributed by atoms with Gasteiger partial charge in [0.05, 0.1) is 6.54 Å². The summed E-state index contributed by atoms with van der Waals surface area (Å²) in [5.41, 5.74) is 0.533. The predicted molar refractivity (Wildman–Crippen MR) is 110 cm³/mol.